The van der Waals surface area contributed by atoms with E-state index in [1.807, 2.05) is 24.3 Å². The zero-order chi connectivity index (χ0) is 17.6. The zero-order valence-electron chi connectivity index (χ0n) is 14.1. The van der Waals surface area contributed by atoms with Crippen molar-refractivity contribution in [3.05, 3.63) is 29.8 Å². The van der Waals surface area contributed by atoms with Crippen molar-refractivity contribution in [1.29, 1.82) is 0 Å². The fourth-order valence-electron chi connectivity index (χ4n) is 2.92. The Bertz CT molecular complexity index is 644. The molecule has 0 amide bonds. The molecule has 0 N–H and O–H groups in total. The number of esters is 1. The lowest BCUT2D eigenvalue weighted by molar-refractivity contribution is -0.158. The van der Waals surface area contributed by atoms with E-state index < -0.39 is 15.7 Å². The molecule has 24 heavy (non-hydrogen) atoms. The van der Waals surface area contributed by atoms with Crippen LogP contribution in [0.3, 0.4) is 0 Å². The molecule has 0 radical (unpaired) electrons. The molecule has 0 bridgehead atoms. The number of hydrogen-bond donors (Lipinski definition) is 0. The summed E-state index contributed by atoms with van der Waals surface area (Å²) in [4.78, 5) is 12.1. The number of ether oxygens (including phenoxy) is 2. The molecule has 1 saturated carbocycles. The van der Waals surface area contributed by atoms with Gasteiger partial charge in [0.05, 0.1) is 20.0 Å². The highest BCUT2D eigenvalue weighted by Gasteiger charge is 2.44. The second-order valence-electron chi connectivity index (χ2n) is 6.07. The summed E-state index contributed by atoms with van der Waals surface area (Å²) in [6.45, 7) is 0.169. The predicted molar refractivity (Wildman–Crippen MR) is 89.4 cm³/mol. The van der Waals surface area contributed by atoms with Crippen molar-refractivity contribution in [2.45, 2.75) is 44.1 Å². The molecule has 0 aliphatic heterocycles. The largest absolute Gasteiger partial charge is 0.476 e. The molecule has 1 fully saturated rings. The van der Waals surface area contributed by atoms with Gasteiger partial charge in [-0.1, -0.05) is 12.1 Å². The standard InChI is InChI=1S/C17H24O6S/c1-21-16(18)17(11-3-4-12-17)23-15-9-7-14(8-10-15)6-5-13-22-24(2,19)20/h7-10H,3-6,11-13H2,1-2H3. The first kappa shape index (κ1) is 18.7. The van der Waals surface area contributed by atoms with Gasteiger partial charge in [0.25, 0.3) is 10.1 Å². The Balaban J connectivity index is 1.90. The van der Waals surface area contributed by atoms with Crippen molar-refractivity contribution in [2.75, 3.05) is 20.0 Å². The number of carbonyl (C=O) groups excluding carboxylic acids is 1. The molecule has 0 atom stereocenters. The van der Waals surface area contributed by atoms with E-state index in [2.05, 4.69) is 0 Å². The summed E-state index contributed by atoms with van der Waals surface area (Å²) < 4.78 is 37.3. The van der Waals surface area contributed by atoms with Crippen LogP contribution in [0, 0.1) is 0 Å². The van der Waals surface area contributed by atoms with Crippen molar-refractivity contribution >= 4 is 16.1 Å². The average molecular weight is 356 g/mol. The summed E-state index contributed by atoms with van der Waals surface area (Å²) in [6.07, 6.45) is 5.60. The highest BCUT2D eigenvalue weighted by molar-refractivity contribution is 7.85. The van der Waals surface area contributed by atoms with Gasteiger partial charge < -0.3 is 9.47 Å². The Morgan fingerprint density at radius 2 is 1.79 bits per heavy atom. The fourth-order valence-corrected chi connectivity index (χ4v) is 3.34. The molecule has 1 aliphatic carbocycles. The number of carbonyl (C=O) groups is 1. The van der Waals surface area contributed by atoms with Crippen molar-refractivity contribution < 1.29 is 26.9 Å². The van der Waals surface area contributed by atoms with Crippen molar-refractivity contribution in [2.24, 2.45) is 0 Å². The molecular formula is C17H24O6S. The lowest BCUT2D eigenvalue weighted by Gasteiger charge is -2.27. The van der Waals surface area contributed by atoms with Crippen molar-refractivity contribution in [3.8, 4) is 5.75 Å². The number of hydrogen-bond acceptors (Lipinski definition) is 6. The first-order valence-corrected chi connectivity index (χ1v) is 9.87. The summed E-state index contributed by atoms with van der Waals surface area (Å²) in [7, 11) is -2.00. The third-order valence-corrected chi connectivity index (χ3v) is 4.71. The molecule has 6 nitrogen and oxygen atoms in total. The topological polar surface area (TPSA) is 78.9 Å². The molecule has 0 saturated heterocycles. The first-order valence-electron chi connectivity index (χ1n) is 8.05. The quantitative estimate of drug-likeness (QED) is 0.404. The summed E-state index contributed by atoms with van der Waals surface area (Å²) >= 11 is 0. The molecule has 0 unspecified atom stereocenters. The molecule has 134 valence electrons. The summed E-state index contributed by atoms with van der Waals surface area (Å²) in [5, 5.41) is 0. The van der Waals surface area contributed by atoms with Gasteiger partial charge in [-0.05, 0) is 56.2 Å². The van der Waals surface area contributed by atoms with Crippen LogP contribution in [-0.4, -0.2) is 40.0 Å². The van der Waals surface area contributed by atoms with Gasteiger partial charge in [0.2, 0.25) is 5.60 Å². The van der Waals surface area contributed by atoms with E-state index in [-0.39, 0.29) is 12.6 Å². The van der Waals surface area contributed by atoms with Crippen LogP contribution in [0.5, 0.6) is 5.75 Å². The van der Waals surface area contributed by atoms with E-state index in [4.69, 9.17) is 13.7 Å². The maximum absolute atomic E-state index is 12.1. The summed E-state index contributed by atoms with van der Waals surface area (Å²) in [5.74, 6) is 0.320. The van der Waals surface area contributed by atoms with E-state index >= 15 is 0 Å². The third kappa shape index (κ3) is 5.21. The average Bonchev–Trinajstić information content (AvgIpc) is 3.01. The maximum atomic E-state index is 12.1. The minimum Gasteiger partial charge on any atom is -0.476 e. The van der Waals surface area contributed by atoms with Crippen LogP contribution in [0.15, 0.2) is 24.3 Å². The normalized spacial score (nSPS) is 16.8. The predicted octanol–water partition coefficient (Wildman–Crippen LogP) is 2.46. The second-order valence-corrected chi connectivity index (χ2v) is 7.71. The molecule has 0 aromatic heterocycles. The van der Waals surface area contributed by atoms with Crippen LogP contribution in [-0.2, 0) is 30.3 Å². The number of rotatable bonds is 8. The van der Waals surface area contributed by atoms with Crippen LogP contribution in [0.4, 0.5) is 0 Å². The zero-order valence-corrected chi connectivity index (χ0v) is 14.9. The van der Waals surface area contributed by atoms with Gasteiger partial charge >= 0.3 is 5.97 Å². The van der Waals surface area contributed by atoms with Gasteiger partial charge in [-0.15, -0.1) is 0 Å². The molecule has 0 spiro atoms. The Labute approximate surface area is 143 Å². The van der Waals surface area contributed by atoms with Gasteiger partial charge in [0.15, 0.2) is 0 Å². The number of methoxy groups -OCH3 is 1. The number of benzene rings is 1. The molecule has 2 rings (SSSR count). The van der Waals surface area contributed by atoms with E-state index in [9.17, 15) is 13.2 Å². The molecule has 1 aromatic rings. The lowest BCUT2D eigenvalue weighted by Crippen LogP contribution is -2.42. The Morgan fingerprint density at radius 3 is 2.33 bits per heavy atom. The molecule has 1 aromatic carbocycles. The van der Waals surface area contributed by atoms with E-state index in [0.717, 1.165) is 24.7 Å². The molecule has 0 heterocycles. The molecular weight excluding hydrogens is 332 g/mol. The Kier molecular flexibility index (Phi) is 6.23. The van der Waals surface area contributed by atoms with E-state index in [1.54, 1.807) is 0 Å². The highest BCUT2D eigenvalue weighted by atomic mass is 32.2. The SMILES string of the molecule is COC(=O)C1(Oc2ccc(CCCOS(C)(=O)=O)cc2)CCCC1. The second kappa shape index (κ2) is 7.98. The van der Waals surface area contributed by atoms with Crippen LogP contribution in [0.1, 0.15) is 37.7 Å². The lowest BCUT2D eigenvalue weighted by atomic mass is 10.0. The van der Waals surface area contributed by atoms with Crippen LogP contribution < -0.4 is 4.74 Å². The summed E-state index contributed by atoms with van der Waals surface area (Å²) in [5.41, 5.74) is 0.192. The van der Waals surface area contributed by atoms with Gasteiger partial charge in [-0.3, -0.25) is 4.18 Å². The molecule has 7 heteroatoms. The van der Waals surface area contributed by atoms with Crippen LogP contribution >= 0.6 is 0 Å². The first-order chi connectivity index (χ1) is 11.3. The third-order valence-electron chi connectivity index (χ3n) is 4.11. The van der Waals surface area contributed by atoms with Crippen LogP contribution in [0.25, 0.3) is 0 Å². The smallest absolute Gasteiger partial charge is 0.350 e. The number of aryl methyl sites for hydroxylation is 1. The Morgan fingerprint density at radius 1 is 1.17 bits per heavy atom. The minimum atomic E-state index is -3.38. The highest BCUT2D eigenvalue weighted by Crippen LogP contribution is 2.35. The van der Waals surface area contributed by atoms with Gasteiger partial charge in [0, 0.05) is 0 Å². The van der Waals surface area contributed by atoms with Crippen molar-refractivity contribution in [1.82, 2.24) is 0 Å². The van der Waals surface area contributed by atoms with Gasteiger partial charge in [-0.2, -0.15) is 8.42 Å². The Hall–Kier alpha value is -1.60. The maximum Gasteiger partial charge on any atom is 0.350 e. The summed E-state index contributed by atoms with van der Waals surface area (Å²) in [6, 6.07) is 7.48. The van der Waals surface area contributed by atoms with Gasteiger partial charge in [-0.25, -0.2) is 4.79 Å². The van der Waals surface area contributed by atoms with E-state index in [0.29, 0.717) is 31.4 Å². The monoisotopic (exact) mass is 356 g/mol. The van der Waals surface area contributed by atoms with Gasteiger partial charge in [0.1, 0.15) is 5.75 Å². The van der Waals surface area contributed by atoms with Crippen molar-refractivity contribution in [3.63, 3.8) is 0 Å². The van der Waals surface area contributed by atoms with Crippen LogP contribution in [0.2, 0.25) is 0 Å². The van der Waals surface area contributed by atoms with E-state index in [1.165, 1.54) is 7.11 Å². The minimum absolute atomic E-state index is 0.169. The fraction of sp³-hybridized carbons (Fsp3) is 0.588. The molecule has 1 aliphatic rings.